The number of nitrogens with zero attached hydrogens (tertiary/aromatic N) is 1. The van der Waals surface area contributed by atoms with Crippen LogP contribution < -0.4 is 20.1 Å². The Morgan fingerprint density at radius 2 is 1.90 bits per heavy atom. The van der Waals surface area contributed by atoms with Crippen molar-refractivity contribution in [3.8, 4) is 0 Å². The Morgan fingerprint density at radius 1 is 1.27 bits per heavy atom. The lowest BCUT2D eigenvalue weighted by atomic mass is 9.91. The molecule has 0 aliphatic heterocycles. The van der Waals surface area contributed by atoms with E-state index in [1.165, 1.54) is 22.0 Å². The van der Waals surface area contributed by atoms with Crippen molar-refractivity contribution in [3.05, 3.63) is 54.4 Å². The maximum atomic E-state index is 13.0. The average Bonchev–Trinajstić information content (AvgIpc) is 2.91. The van der Waals surface area contributed by atoms with Gasteiger partial charge in [0.2, 0.25) is 5.91 Å². The van der Waals surface area contributed by atoms with Crippen molar-refractivity contribution in [3.63, 3.8) is 0 Å². The third kappa shape index (κ3) is 6.65. The van der Waals surface area contributed by atoms with Gasteiger partial charge in [0, 0.05) is 29.7 Å². The molecule has 1 amide bonds. The van der Waals surface area contributed by atoms with Crippen LogP contribution in [-0.2, 0) is 20.9 Å². The summed E-state index contributed by atoms with van der Waals surface area (Å²) in [7, 11) is 1.55. The molecule has 1 atom stereocenters. The van der Waals surface area contributed by atoms with Gasteiger partial charge in [-0.2, -0.15) is 0 Å². The molecule has 0 radical (unpaired) electrons. The Balaban J connectivity index is 2.52. The number of ether oxygens (including phenoxy) is 1. The zero-order valence-electron chi connectivity index (χ0n) is 17.8. The summed E-state index contributed by atoms with van der Waals surface area (Å²) < 4.78 is 7.24. The third-order valence-electron chi connectivity index (χ3n) is 4.22. The molecule has 1 aromatic heterocycles. The van der Waals surface area contributed by atoms with E-state index in [1.807, 2.05) is 27.7 Å². The minimum atomic E-state index is -0.597. The lowest BCUT2D eigenvalue weighted by molar-refractivity contribution is -0.123. The van der Waals surface area contributed by atoms with Gasteiger partial charge in [-0.15, -0.1) is 11.3 Å². The SMILES string of the molecule is COC[C@@H](C)NC(=O)Cn1c(=O)/c(=C\c2ccc(Cl)cc2)s/c1=C\C(=O)C(C)(C)C. The molecule has 8 heteroatoms. The largest absolute Gasteiger partial charge is 0.383 e. The number of Topliss-reactive ketones (excluding diaryl/α,β-unsaturated/α-hetero) is 1. The van der Waals surface area contributed by atoms with Crippen LogP contribution >= 0.6 is 22.9 Å². The zero-order valence-corrected chi connectivity index (χ0v) is 19.4. The number of rotatable bonds is 7. The van der Waals surface area contributed by atoms with Gasteiger partial charge in [0.15, 0.2) is 5.78 Å². The number of methoxy groups -OCH3 is 1. The predicted octanol–water partition coefficient (Wildman–Crippen LogP) is 1.94. The number of nitrogens with one attached hydrogen (secondary N) is 1. The second kappa shape index (κ2) is 10.2. The van der Waals surface area contributed by atoms with Crippen LogP contribution in [0.3, 0.4) is 0 Å². The highest BCUT2D eigenvalue weighted by molar-refractivity contribution is 7.07. The van der Waals surface area contributed by atoms with E-state index in [0.29, 0.717) is 20.8 Å². The molecule has 0 aliphatic rings. The van der Waals surface area contributed by atoms with Crippen molar-refractivity contribution in [2.24, 2.45) is 5.41 Å². The molecule has 1 N–H and O–H groups in total. The zero-order chi connectivity index (χ0) is 22.5. The molecule has 162 valence electrons. The summed E-state index contributed by atoms with van der Waals surface area (Å²) in [6.45, 7) is 7.42. The molecular weight excluding hydrogens is 424 g/mol. The van der Waals surface area contributed by atoms with Crippen molar-refractivity contribution in [1.82, 2.24) is 9.88 Å². The molecular formula is C22H27ClN2O4S. The first-order valence-electron chi connectivity index (χ1n) is 9.52. The molecule has 0 fully saturated rings. The number of aromatic nitrogens is 1. The van der Waals surface area contributed by atoms with Crippen LogP contribution in [0.2, 0.25) is 5.02 Å². The number of carbonyl (C=O) groups excluding carboxylic acids is 2. The number of halogens is 1. The van der Waals surface area contributed by atoms with E-state index in [-0.39, 0.29) is 29.8 Å². The van der Waals surface area contributed by atoms with Crippen LogP contribution in [0, 0.1) is 5.41 Å². The first-order valence-corrected chi connectivity index (χ1v) is 10.7. The quantitative estimate of drug-likeness (QED) is 0.699. The van der Waals surface area contributed by atoms with Crippen LogP contribution in [0.4, 0.5) is 0 Å². The summed E-state index contributed by atoms with van der Waals surface area (Å²) in [5.74, 6) is -0.445. The van der Waals surface area contributed by atoms with Crippen molar-refractivity contribution >= 4 is 46.8 Å². The summed E-state index contributed by atoms with van der Waals surface area (Å²) in [5.41, 5.74) is -0.116. The van der Waals surface area contributed by atoms with Gasteiger partial charge in [-0.1, -0.05) is 44.5 Å². The van der Waals surface area contributed by atoms with Gasteiger partial charge in [-0.25, -0.2) is 0 Å². The molecule has 0 saturated carbocycles. The number of benzene rings is 1. The van der Waals surface area contributed by atoms with Crippen molar-refractivity contribution in [2.45, 2.75) is 40.3 Å². The molecule has 2 rings (SSSR count). The number of amides is 1. The second-order valence-electron chi connectivity index (χ2n) is 8.07. The van der Waals surface area contributed by atoms with Crippen LogP contribution in [0.25, 0.3) is 12.2 Å². The number of hydrogen-bond acceptors (Lipinski definition) is 5. The molecule has 1 aromatic carbocycles. The number of ketones is 1. The highest BCUT2D eigenvalue weighted by Gasteiger charge is 2.20. The maximum Gasteiger partial charge on any atom is 0.269 e. The molecule has 0 spiro atoms. The summed E-state index contributed by atoms with van der Waals surface area (Å²) in [6, 6.07) is 6.88. The van der Waals surface area contributed by atoms with Gasteiger partial charge < -0.3 is 10.1 Å². The average molecular weight is 451 g/mol. The van der Waals surface area contributed by atoms with Crippen molar-refractivity contribution in [1.29, 1.82) is 0 Å². The van der Waals surface area contributed by atoms with E-state index in [9.17, 15) is 14.4 Å². The number of hydrogen-bond donors (Lipinski definition) is 1. The molecule has 0 bridgehead atoms. The minimum absolute atomic E-state index is 0.122. The lowest BCUT2D eigenvalue weighted by Crippen LogP contribution is -2.42. The van der Waals surface area contributed by atoms with Gasteiger partial charge in [-0.3, -0.25) is 19.0 Å². The molecule has 6 nitrogen and oxygen atoms in total. The fourth-order valence-electron chi connectivity index (χ4n) is 2.59. The number of thiazole rings is 1. The molecule has 2 aromatic rings. The summed E-state index contributed by atoms with van der Waals surface area (Å²) >= 11 is 7.11. The molecule has 30 heavy (non-hydrogen) atoms. The van der Waals surface area contributed by atoms with Crippen LogP contribution in [0.5, 0.6) is 0 Å². The van der Waals surface area contributed by atoms with Gasteiger partial charge in [-0.05, 0) is 30.7 Å². The predicted molar refractivity (Wildman–Crippen MR) is 121 cm³/mol. The normalized spacial score (nSPS) is 14.1. The second-order valence-corrected chi connectivity index (χ2v) is 9.57. The van der Waals surface area contributed by atoms with E-state index < -0.39 is 5.41 Å². The van der Waals surface area contributed by atoms with Crippen LogP contribution in [0.1, 0.15) is 33.3 Å². The monoisotopic (exact) mass is 450 g/mol. The van der Waals surface area contributed by atoms with Gasteiger partial charge in [0.05, 0.1) is 11.1 Å². The first-order chi connectivity index (χ1) is 14.0. The van der Waals surface area contributed by atoms with Crippen LogP contribution in [0.15, 0.2) is 29.1 Å². The third-order valence-corrected chi connectivity index (χ3v) is 5.54. The van der Waals surface area contributed by atoms with Gasteiger partial charge in [0.25, 0.3) is 5.56 Å². The summed E-state index contributed by atoms with van der Waals surface area (Å²) in [6.07, 6.45) is 3.17. The Labute approximate surface area is 184 Å². The fraction of sp³-hybridized carbons (Fsp3) is 0.409. The van der Waals surface area contributed by atoms with Crippen molar-refractivity contribution < 1.29 is 14.3 Å². The highest BCUT2D eigenvalue weighted by Crippen LogP contribution is 2.15. The standard InChI is InChI=1S/C22H27ClN2O4S/c1-14(13-29-5)24-19(27)12-25-20(11-18(26)22(2,3)4)30-17(21(25)28)10-15-6-8-16(23)9-7-15/h6-11,14H,12-13H2,1-5H3,(H,24,27)/b17-10+,20-11-/t14-/m1/s1. The molecule has 0 saturated heterocycles. The van der Waals surface area contributed by atoms with Gasteiger partial charge in [0.1, 0.15) is 11.2 Å². The Morgan fingerprint density at radius 3 is 2.47 bits per heavy atom. The van der Waals surface area contributed by atoms with E-state index in [1.54, 1.807) is 37.5 Å². The highest BCUT2D eigenvalue weighted by atomic mass is 35.5. The smallest absolute Gasteiger partial charge is 0.269 e. The molecule has 0 aliphatic carbocycles. The summed E-state index contributed by atoms with van der Waals surface area (Å²) in [4.78, 5) is 38.0. The molecule has 0 unspecified atom stereocenters. The lowest BCUT2D eigenvalue weighted by Gasteiger charge is -2.14. The number of carbonyl (C=O) groups is 2. The minimum Gasteiger partial charge on any atom is -0.383 e. The first kappa shape index (κ1) is 24.1. The summed E-state index contributed by atoms with van der Waals surface area (Å²) in [5, 5.41) is 3.39. The fourth-order valence-corrected chi connectivity index (χ4v) is 3.76. The Bertz CT molecular complexity index is 1080. The topological polar surface area (TPSA) is 77.4 Å². The maximum absolute atomic E-state index is 13.0. The van der Waals surface area contributed by atoms with Crippen LogP contribution in [-0.4, -0.2) is 36.0 Å². The Kier molecular flexibility index (Phi) is 8.18. The van der Waals surface area contributed by atoms with E-state index in [2.05, 4.69) is 5.32 Å². The molecule has 1 heterocycles. The van der Waals surface area contributed by atoms with Crippen molar-refractivity contribution in [2.75, 3.05) is 13.7 Å². The van der Waals surface area contributed by atoms with E-state index >= 15 is 0 Å². The van der Waals surface area contributed by atoms with E-state index in [4.69, 9.17) is 16.3 Å². The van der Waals surface area contributed by atoms with Gasteiger partial charge >= 0.3 is 0 Å². The van der Waals surface area contributed by atoms with E-state index in [0.717, 1.165) is 5.56 Å². The Hall–Kier alpha value is -2.22.